The van der Waals surface area contributed by atoms with Crippen molar-refractivity contribution < 1.29 is 30.0 Å². The zero-order valence-corrected chi connectivity index (χ0v) is 23.5. The molecule has 5 aliphatic rings. The molecule has 0 bridgehead atoms. The summed E-state index contributed by atoms with van der Waals surface area (Å²) in [6, 6.07) is 0. The Morgan fingerprint density at radius 1 is 0.833 bits per heavy atom. The minimum atomic E-state index is -1.37. The topological polar surface area (TPSA) is 107 Å². The van der Waals surface area contributed by atoms with Crippen molar-refractivity contribution in [1.29, 1.82) is 0 Å². The van der Waals surface area contributed by atoms with Gasteiger partial charge >= 0.3 is 5.97 Å². The van der Waals surface area contributed by atoms with Crippen molar-refractivity contribution in [3.05, 3.63) is 0 Å². The van der Waals surface area contributed by atoms with Crippen LogP contribution in [0.2, 0.25) is 0 Å². The zero-order valence-electron chi connectivity index (χ0n) is 23.5. The van der Waals surface area contributed by atoms with Crippen LogP contribution in [0.15, 0.2) is 0 Å². The monoisotopic (exact) mass is 506 g/mol. The number of fused-ring (bicyclic) bond motifs is 7. The molecule has 6 heteroatoms. The SMILES string of the molecule is COC(=O)C12CCC(C)(C)CC1C1(O)C(O)CC3C(CCC4C(C)(C)[C@@H](O)[C@H](O)C[C@]34C)[C@]1(C)CC2. The number of hydrogen-bond donors (Lipinski definition) is 4. The van der Waals surface area contributed by atoms with Crippen molar-refractivity contribution in [2.75, 3.05) is 7.11 Å². The van der Waals surface area contributed by atoms with Crippen molar-refractivity contribution in [1.82, 2.24) is 0 Å². The van der Waals surface area contributed by atoms with E-state index in [0.717, 1.165) is 19.3 Å². The predicted octanol–water partition coefficient (Wildman–Crippen LogP) is 4.07. The number of rotatable bonds is 1. The maximum atomic E-state index is 13.4. The Bertz CT molecular complexity index is 915. The lowest BCUT2D eigenvalue weighted by Crippen LogP contribution is -2.76. The summed E-state index contributed by atoms with van der Waals surface area (Å²) in [6.45, 7) is 13.0. The van der Waals surface area contributed by atoms with E-state index in [1.54, 1.807) is 0 Å². The van der Waals surface area contributed by atoms with E-state index in [1.165, 1.54) is 7.11 Å². The van der Waals surface area contributed by atoms with E-state index in [2.05, 4.69) is 41.5 Å². The molecule has 5 saturated carbocycles. The molecule has 0 aromatic heterocycles. The molecule has 5 rings (SSSR count). The number of carbonyl (C=O) groups is 1. The Morgan fingerprint density at radius 3 is 2.11 bits per heavy atom. The molecule has 0 aliphatic heterocycles. The maximum Gasteiger partial charge on any atom is 0.312 e. The molecule has 36 heavy (non-hydrogen) atoms. The van der Waals surface area contributed by atoms with Gasteiger partial charge in [-0.3, -0.25) is 4.79 Å². The second-order valence-electron chi connectivity index (χ2n) is 15.4. The van der Waals surface area contributed by atoms with Crippen molar-refractivity contribution in [2.24, 2.45) is 50.7 Å². The van der Waals surface area contributed by atoms with Gasteiger partial charge in [0.1, 0.15) is 0 Å². The number of aliphatic hydroxyl groups is 4. The van der Waals surface area contributed by atoms with Gasteiger partial charge < -0.3 is 25.2 Å². The highest BCUT2D eigenvalue weighted by Crippen LogP contribution is 2.74. The number of methoxy groups -OCH3 is 1. The van der Waals surface area contributed by atoms with Gasteiger partial charge in [-0.2, -0.15) is 0 Å². The van der Waals surface area contributed by atoms with Gasteiger partial charge in [0, 0.05) is 11.3 Å². The minimum Gasteiger partial charge on any atom is -0.469 e. The summed E-state index contributed by atoms with van der Waals surface area (Å²) in [6.07, 6.45) is 4.02. The average Bonchev–Trinajstić information content (AvgIpc) is 2.80. The molecule has 4 N–H and O–H groups in total. The maximum absolute atomic E-state index is 13.4. The Hall–Kier alpha value is -0.690. The van der Waals surface area contributed by atoms with Crippen LogP contribution in [0.1, 0.15) is 99.3 Å². The van der Waals surface area contributed by atoms with Crippen molar-refractivity contribution in [3.63, 3.8) is 0 Å². The molecular formula is C30H50O6. The lowest BCUT2D eigenvalue weighted by molar-refractivity contribution is -0.320. The van der Waals surface area contributed by atoms with Gasteiger partial charge in [0.15, 0.2) is 0 Å². The van der Waals surface area contributed by atoms with E-state index in [1.807, 2.05) is 0 Å². The number of ether oxygens (including phenoxy) is 1. The van der Waals surface area contributed by atoms with E-state index in [-0.39, 0.29) is 40.5 Å². The van der Waals surface area contributed by atoms with Gasteiger partial charge in [-0.1, -0.05) is 41.5 Å². The van der Waals surface area contributed by atoms with Gasteiger partial charge in [0.05, 0.1) is 36.4 Å². The number of aliphatic hydroxyl groups excluding tert-OH is 3. The molecule has 6 nitrogen and oxygen atoms in total. The van der Waals surface area contributed by atoms with Gasteiger partial charge in [0.2, 0.25) is 0 Å². The van der Waals surface area contributed by atoms with Crippen molar-refractivity contribution in [3.8, 4) is 0 Å². The van der Waals surface area contributed by atoms with E-state index in [9.17, 15) is 25.2 Å². The molecule has 0 aromatic rings. The largest absolute Gasteiger partial charge is 0.469 e. The van der Waals surface area contributed by atoms with Crippen LogP contribution in [-0.2, 0) is 9.53 Å². The summed E-state index contributed by atoms with van der Waals surface area (Å²) in [4.78, 5) is 13.4. The first-order valence-electron chi connectivity index (χ1n) is 14.4. The molecule has 0 amide bonds. The van der Waals surface area contributed by atoms with Crippen molar-refractivity contribution in [2.45, 2.75) is 123 Å². The molecule has 7 unspecified atom stereocenters. The highest BCUT2D eigenvalue weighted by Gasteiger charge is 2.75. The van der Waals surface area contributed by atoms with Crippen LogP contribution >= 0.6 is 0 Å². The standard InChI is InChI=1S/C30H50O6/c1-25(2)10-12-29(24(34)36-7)13-11-28(6)17-8-9-20-26(3,4)23(33)19(31)15-27(20,5)18(17)14-22(32)30(28,35)21(29)16-25/h17-23,31-33,35H,8-16H2,1-7H3/t17?,18?,19-,20?,21?,22?,23+,27-,28+,29?,30?/m1/s1. The summed E-state index contributed by atoms with van der Waals surface area (Å²) in [7, 11) is 1.45. The molecule has 206 valence electrons. The number of carbonyl (C=O) groups excluding carboxylic acids is 1. The average molecular weight is 507 g/mol. The first kappa shape index (κ1) is 26.9. The smallest absolute Gasteiger partial charge is 0.312 e. The van der Waals surface area contributed by atoms with E-state index >= 15 is 0 Å². The van der Waals surface area contributed by atoms with Gasteiger partial charge in [-0.25, -0.2) is 0 Å². The van der Waals surface area contributed by atoms with E-state index in [4.69, 9.17) is 4.74 Å². The minimum absolute atomic E-state index is 0.0238. The summed E-state index contributed by atoms with van der Waals surface area (Å²) < 4.78 is 5.37. The van der Waals surface area contributed by atoms with Gasteiger partial charge in [0.25, 0.3) is 0 Å². The fourth-order valence-corrected chi connectivity index (χ4v) is 11.2. The first-order valence-corrected chi connectivity index (χ1v) is 14.4. The van der Waals surface area contributed by atoms with Crippen LogP contribution in [0.4, 0.5) is 0 Å². The predicted molar refractivity (Wildman–Crippen MR) is 137 cm³/mol. The molecule has 11 atom stereocenters. The number of hydrogen-bond acceptors (Lipinski definition) is 6. The zero-order chi connectivity index (χ0) is 26.7. The van der Waals surface area contributed by atoms with Crippen LogP contribution in [0.25, 0.3) is 0 Å². The van der Waals surface area contributed by atoms with E-state index in [0.29, 0.717) is 38.5 Å². The molecule has 5 fully saturated rings. The van der Waals surface area contributed by atoms with Crippen LogP contribution in [-0.4, -0.2) is 57.4 Å². The third-order valence-electron chi connectivity index (χ3n) is 13.2. The lowest BCUT2D eigenvalue weighted by atomic mass is 9.33. The molecule has 0 radical (unpaired) electrons. The van der Waals surface area contributed by atoms with Gasteiger partial charge in [-0.15, -0.1) is 0 Å². The highest BCUT2D eigenvalue weighted by molar-refractivity contribution is 5.78. The Kier molecular flexibility index (Phi) is 5.92. The van der Waals surface area contributed by atoms with E-state index < -0.39 is 40.2 Å². The Morgan fingerprint density at radius 2 is 1.47 bits per heavy atom. The summed E-state index contributed by atoms with van der Waals surface area (Å²) in [5, 5.41) is 46.6. The summed E-state index contributed by atoms with van der Waals surface area (Å²) in [5.41, 5.74) is -3.34. The number of esters is 1. The fourth-order valence-electron chi connectivity index (χ4n) is 11.2. The van der Waals surface area contributed by atoms with Crippen molar-refractivity contribution >= 4 is 5.97 Å². The Labute approximate surface area is 217 Å². The second-order valence-corrected chi connectivity index (χ2v) is 15.4. The molecule has 0 aromatic carbocycles. The van der Waals surface area contributed by atoms with Crippen LogP contribution in [0.5, 0.6) is 0 Å². The fraction of sp³-hybridized carbons (Fsp3) is 0.967. The summed E-state index contributed by atoms with van der Waals surface area (Å²) >= 11 is 0. The first-order chi connectivity index (χ1) is 16.5. The molecule has 0 heterocycles. The second kappa shape index (κ2) is 7.92. The summed E-state index contributed by atoms with van der Waals surface area (Å²) in [5.74, 6) is -0.0180. The Balaban J connectivity index is 1.59. The van der Waals surface area contributed by atoms with Crippen LogP contribution in [0, 0.1) is 50.7 Å². The third-order valence-corrected chi connectivity index (χ3v) is 13.2. The molecule has 0 saturated heterocycles. The molecule has 5 aliphatic carbocycles. The molecule has 0 spiro atoms. The van der Waals surface area contributed by atoms with Crippen LogP contribution < -0.4 is 0 Å². The quantitative estimate of drug-likeness (QED) is 0.400. The van der Waals surface area contributed by atoms with Gasteiger partial charge in [-0.05, 0) is 91.8 Å². The highest BCUT2D eigenvalue weighted by atomic mass is 16.5. The van der Waals surface area contributed by atoms with Crippen LogP contribution in [0.3, 0.4) is 0 Å². The normalized spacial score (nSPS) is 55.4. The lowest BCUT2D eigenvalue weighted by Gasteiger charge is -2.73. The third kappa shape index (κ3) is 3.14. The molecular weight excluding hydrogens is 456 g/mol.